The van der Waals surface area contributed by atoms with E-state index in [1.165, 1.54) is 0 Å². The van der Waals surface area contributed by atoms with Crippen LogP contribution in [0.3, 0.4) is 0 Å². The molecule has 4 atom stereocenters. The molecular weight excluding hydrogens is 371 g/mol. The minimum Gasteiger partial charge on any atom is -0.507 e. The number of halogens is 1. The number of aromatic hydroxyl groups is 1. The van der Waals surface area contributed by atoms with Crippen LogP contribution in [0.25, 0.3) is 16.8 Å². The molecule has 0 radical (unpaired) electrons. The summed E-state index contributed by atoms with van der Waals surface area (Å²) in [5.41, 5.74) is 3.23. The molecule has 29 heavy (non-hydrogen) atoms. The largest absolute Gasteiger partial charge is 0.507 e. The minimum atomic E-state index is -0.911. The second kappa shape index (κ2) is 7.39. The van der Waals surface area contributed by atoms with Gasteiger partial charge in [0.25, 0.3) is 0 Å². The topological polar surface area (TPSA) is 70.5 Å². The number of aromatic nitrogens is 2. The molecular formula is C22H25FN4O2. The van der Waals surface area contributed by atoms with Crippen LogP contribution in [0.15, 0.2) is 36.7 Å². The van der Waals surface area contributed by atoms with Crippen molar-refractivity contribution in [3.63, 3.8) is 0 Å². The lowest BCUT2D eigenvalue weighted by Gasteiger charge is -2.38. The van der Waals surface area contributed by atoms with E-state index < -0.39 is 6.17 Å². The molecule has 0 aliphatic carbocycles. The average Bonchev–Trinajstić information content (AvgIpc) is 3.41. The molecule has 152 valence electrons. The van der Waals surface area contributed by atoms with Crippen LogP contribution in [0.5, 0.6) is 5.75 Å². The van der Waals surface area contributed by atoms with Crippen molar-refractivity contribution in [3.05, 3.63) is 42.2 Å². The fraction of sp³-hybridized carbons (Fsp3) is 0.455. The van der Waals surface area contributed by atoms with Gasteiger partial charge in [-0.1, -0.05) is 12.1 Å². The van der Waals surface area contributed by atoms with E-state index in [4.69, 9.17) is 4.74 Å². The molecule has 3 aliphatic heterocycles. The molecule has 0 amide bonds. The Balaban J connectivity index is 1.35. The molecule has 7 heteroatoms. The molecule has 1 aromatic heterocycles. The molecule has 2 N–H and O–H groups in total. The molecule has 3 aliphatic rings. The first-order valence-electron chi connectivity index (χ1n) is 10.2. The number of fused-ring (bicyclic) bond motifs is 2. The van der Waals surface area contributed by atoms with Gasteiger partial charge in [-0.15, -0.1) is 0 Å². The van der Waals surface area contributed by atoms with Crippen LogP contribution in [0, 0.1) is 0 Å². The molecule has 2 aromatic rings. The van der Waals surface area contributed by atoms with Crippen molar-refractivity contribution in [2.75, 3.05) is 25.2 Å². The van der Waals surface area contributed by atoms with E-state index >= 15 is 0 Å². The Labute approximate surface area is 169 Å². The van der Waals surface area contributed by atoms with Crippen LogP contribution >= 0.6 is 0 Å². The quantitative estimate of drug-likeness (QED) is 0.828. The predicted octanol–water partition coefficient (Wildman–Crippen LogP) is 2.93. The zero-order chi connectivity index (χ0) is 20.0. The monoisotopic (exact) mass is 396 g/mol. The lowest BCUT2D eigenvalue weighted by molar-refractivity contribution is 0.176. The number of hydrogen-bond acceptors (Lipinski definition) is 6. The summed E-state index contributed by atoms with van der Waals surface area (Å²) in [6.45, 7) is 1.17. The first-order valence-corrected chi connectivity index (χ1v) is 10.2. The number of nitrogens with zero attached hydrogens (tertiary/aromatic N) is 3. The SMILES string of the molecule is CN(c1cnc(-c2ccc(C3=CCOC3)cc2O)cn1)[C@@H]1C[C@H]2CC[C@H](N2)[C@@H]1F. The fourth-order valence-electron chi connectivity index (χ4n) is 4.70. The van der Waals surface area contributed by atoms with Crippen LogP contribution < -0.4 is 10.2 Å². The van der Waals surface area contributed by atoms with E-state index in [-0.39, 0.29) is 17.8 Å². The molecule has 2 fully saturated rings. The second-order valence-corrected chi connectivity index (χ2v) is 8.14. The van der Waals surface area contributed by atoms with E-state index in [2.05, 4.69) is 15.3 Å². The Kier molecular flexibility index (Phi) is 4.72. The number of anilines is 1. The number of hydrogen-bond donors (Lipinski definition) is 2. The average molecular weight is 396 g/mol. The van der Waals surface area contributed by atoms with Crippen molar-refractivity contribution in [2.24, 2.45) is 0 Å². The highest BCUT2D eigenvalue weighted by atomic mass is 19.1. The maximum atomic E-state index is 14.8. The van der Waals surface area contributed by atoms with E-state index in [0.717, 1.165) is 30.4 Å². The van der Waals surface area contributed by atoms with Gasteiger partial charge >= 0.3 is 0 Å². The number of ether oxygens (including phenoxy) is 1. The lowest BCUT2D eigenvalue weighted by Crippen LogP contribution is -2.55. The standard InChI is InChI=1S/C22H25FN4O2/c1-27(19-9-15-3-5-17(26-15)22(19)23)21-11-24-18(10-25-21)16-4-2-13(8-20(16)28)14-6-7-29-12-14/h2,4,6,8,10-11,15,17,19,22,26,28H,3,5,7,9,12H2,1H3/t15-,17+,19-,22+/m1/s1. The molecule has 4 heterocycles. The maximum Gasteiger partial charge on any atom is 0.147 e. The number of benzene rings is 1. The van der Waals surface area contributed by atoms with E-state index in [0.29, 0.717) is 36.3 Å². The number of phenolic OH excluding ortho intramolecular Hbond substituents is 1. The summed E-state index contributed by atoms with van der Waals surface area (Å²) in [5.74, 6) is 0.802. The lowest BCUT2D eigenvalue weighted by atomic mass is 9.96. The van der Waals surface area contributed by atoms with Crippen molar-refractivity contribution >= 4 is 11.4 Å². The summed E-state index contributed by atoms with van der Waals surface area (Å²) in [5, 5.41) is 13.8. The highest BCUT2D eigenvalue weighted by molar-refractivity contribution is 5.74. The van der Waals surface area contributed by atoms with E-state index in [1.54, 1.807) is 18.5 Å². The Hall–Kier alpha value is -2.51. The first-order chi connectivity index (χ1) is 14.1. The number of phenols is 1. The molecule has 6 nitrogen and oxygen atoms in total. The zero-order valence-electron chi connectivity index (χ0n) is 16.4. The Morgan fingerprint density at radius 2 is 2.14 bits per heavy atom. The third kappa shape index (κ3) is 3.38. The van der Waals surface area contributed by atoms with Gasteiger partial charge in [-0.05, 0) is 42.5 Å². The summed E-state index contributed by atoms with van der Waals surface area (Å²) in [7, 11) is 1.88. The molecule has 5 rings (SSSR count). The van der Waals surface area contributed by atoms with Crippen LogP contribution in [0.1, 0.15) is 24.8 Å². The third-order valence-corrected chi connectivity index (χ3v) is 6.40. The van der Waals surface area contributed by atoms with Gasteiger partial charge in [0, 0.05) is 24.7 Å². The van der Waals surface area contributed by atoms with Crippen molar-refractivity contribution in [2.45, 2.75) is 43.6 Å². The van der Waals surface area contributed by atoms with Crippen LogP contribution in [0.2, 0.25) is 0 Å². The Bertz CT molecular complexity index is 933. The van der Waals surface area contributed by atoms with E-state index in [9.17, 15) is 9.50 Å². The van der Waals surface area contributed by atoms with Gasteiger partial charge in [0.2, 0.25) is 0 Å². The van der Waals surface area contributed by atoms with Crippen molar-refractivity contribution in [1.82, 2.24) is 15.3 Å². The molecule has 1 aromatic carbocycles. The predicted molar refractivity (Wildman–Crippen MR) is 110 cm³/mol. The fourth-order valence-corrected chi connectivity index (χ4v) is 4.70. The first kappa shape index (κ1) is 18.5. The van der Waals surface area contributed by atoms with Crippen molar-refractivity contribution < 1.29 is 14.2 Å². The highest BCUT2D eigenvalue weighted by Crippen LogP contribution is 2.34. The Morgan fingerprint density at radius 1 is 1.24 bits per heavy atom. The molecule has 2 bridgehead atoms. The Morgan fingerprint density at radius 3 is 2.86 bits per heavy atom. The summed E-state index contributed by atoms with van der Waals surface area (Å²) in [4.78, 5) is 10.9. The molecule has 0 unspecified atom stereocenters. The smallest absolute Gasteiger partial charge is 0.147 e. The van der Waals surface area contributed by atoms with Gasteiger partial charge < -0.3 is 20.1 Å². The highest BCUT2D eigenvalue weighted by Gasteiger charge is 2.43. The van der Waals surface area contributed by atoms with Crippen LogP contribution in [-0.2, 0) is 4.74 Å². The van der Waals surface area contributed by atoms with Gasteiger partial charge in [0.05, 0.1) is 37.3 Å². The van der Waals surface area contributed by atoms with Gasteiger partial charge in [-0.25, -0.2) is 9.37 Å². The summed E-state index contributed by atoms with van der Waals surface area (Å²) < 4.78 is 20.2. The minimum absolute atomic E-state index is 0.0516. The zero-order valence-corrected chi connectivity index (χ0v) is 16.4. The van der Waals surface area contributed by atoms with Gasteiger partial charge in [-0.3, -0.25) is 4.98 Å². The maximum absolute atomic E-state index is 14.8. The van der Waals surface area contributed by atoms with E-state index in [1.807, 2.05) is 30.2 Å². The summed E-state index contributed by atoms with van der Waals surface area (Å²) in [6, 6.07) is 5.68. The second-order valence-electron chi connectivity index (χ2n) is 8.14. The number of alkyl halides is 1. The molecule has 0 saturated carbocycles. The van der Waals surface area contributed by atoms with Crippen LogP contribution in [0.4, 0.5) is 10.2 Å². The normalized spacial score (nSPS) is 28.4. The van der Waals surface area contributed by atoms with Crippen LogP contribution in [-0.4, -0.2) is 59.6 Å². The third-order valence-electron chi connectivity index (χ3n) is 6.40. The number of nitrogens with one attached hydrogen (secondary N) is 1. The van der Waals surface area contributed by atoms with Gasteiger partial charge in [-0.2, -0.15) is 0 Å². The summed E-state index contributed by atoms with van der Waals surface area (Å²) >= 11 is 0. The van der Waals surface area contributed by atoms with Gasteiger partial charge in [0.1, 0.15) is 17.7 Å². The number of piperidine rings is 1. The van der Waals surface area contributed by atoms with Gasteiger partial charge in [0.15, 0.2) is 0 Å². The molecule has 2 saturated heterocycles. The molecule has 0 spiro atoms. The number of rotatable bonds is 4. The summed E-state index contributed by atoms with van der Waals surface area (Å²) in [6.07, 6.45) is 7.13. The van der Waals surface area contributed by atoms with Crippen molar-refractivity contribution in [1.29, 1.82) is 0 Å². The van der Waals surface area contributed by atoms with Crippen molar-refractivity contribution in [3.8, 4) is 17.0 Å².